The first-order valence-corrected chi connectivity index (χ1v) is 7.63. The second-order valence-corrected chi connectivity index (χ2v) is 6.23. The number of aldehydes is 1. The topological polar surface area (TPSA) is 44.8 Å². The van der Waals surface area contributed by atoms with Gasteiger partial charge in [-0.2, -0.15) is 0 Å². The second kappa shape index (κ2) is 5.84. The molecule has 1 spiro atoms. The van der Waals surface area contributed by atoms with Gasteiger partial charge in [-0.15, -0.1) is 0 Å². The molecule has 0 saturated carbocycles. The second-order valence-electron chi connectivity index (χ2n) is 5.37. The van der Waals surface area contributed by atoms with Crippen molar-refractivity contribution in [1.82, 2.24) is 0 Å². The highest BCUT2D eigenvalue weighted by Crippen LogP contribution is 2.36. The van der Waals surface area contributed by atoms with Crippen molar-refractivity contribution in [2.45, 2.75) is 31.0 Å². The number of benzene rings is 1. The summed E-state index contributed by atoms with van der Waals surface area (Å²) in [4.78, 5) is 10.7. The number of carbonyl (C=O) groups is 1. The molecule has 3 rings (SSSR count). The molecule has 0 aliphatic carbocycles. The zero-order valence-electron chi connectivity index (χ0n) is 11.1. The van der Waals surface area contributed by atoms with Gasteiger partial charge in [0.05, 0.1) is 23.3 Å². The normalized spacial score (nSPS) is 29.6. The average molecular weight is 341 g/mol. The third-order valence-electron chi connectivity index (χ3n) is 3.90. The van der Waals surface area contributed by atoms with Crippen LogP contribution in [0.3, 0.4) is 0 Å². The van der Waals surface area contributed by atoms with E-state index in [0.29, 0.717) is 18.8 Å². The highest BCUT2D eigenvalue weighted by Gasteiger charge is 2.41. The Morgan fingerprint density at radius 1 is 1.40 bits per heavy atom. The van der Waals surface area contributed by atoms with Crippen LogP contribution >= 0.6 is 15.9 Å². The molecule has 2 aliphatic rings. The number of carbonyl (C=O) groups excluding carboxylic acids is 1. The fourth-order valence-electron chi connectivity index (χ4n) is 2.81. The molecule has 2 fully saturated rings. The fraction of sp³-hybridized carbons (Fsp3) is 0.533. The molecular formula is C15H17BrO4. The molecule has 0 radical (unpaired) electrons. The van der Waals surface area contributed by atoms with Gasteiger partial charge in [-0.1, -0.05) is 0 Å². The van der Waals surface area contributed by atoms with E-state index in [0.717, 1.165) is 42.4 Å². The third-order valence-corrected chi connectivity index (χ3v) is 4.52. The predicted molar refractivity (Wildman–Crippen MR) is 77.3 cm³/mol. The minimum absolute atomic E-state index is 0.129. The highest BCUT2D eigenvalue weighted by atomic mass is 79.9. The van der Waals surface area contributed by atoms with E-state index >= 15 is 0 Å². The van der Waals surface area contributed by atoms with Crippen LogP contribution in [0.2, 0.25) is 0 Å². The van der Waals surface area contributed by atoms with Gasteiger partial charge in [0.25, 0.3) is 0 Å². The molecule has 5 heteroatoms. The van der Waals surface area contributed by atoms with E-state index in [9.17, 15) is 4.79 Å². The molecular weight excluding hydrogens is 324 g/mol. The van der Waals surface area contributed by atoms with Crippen LogP contribution < -0.4 is 4.74 Å². The van der Waals surface area contributed by atoms with E-state index in [1.54, 1.807) is 12.1 Å². The van der Waals surface area contributed by atoms with E-state index in [-0.39, 0.29) is 11.7 Å². The van der Waals surface area contributed by atoms with Crippen molar-refractivity contribution in [2.75, 3.05) is 19.8 Å². The summed E-state index contributed by atoms with van der Waals surface area (Å²) in [7, 11) is 0. The molecule has 2 aliphatic heterocycles. The van der Waals surface area contributed by atoms with Crippen molar-refractivity contribution in [3.05, 3.63) is 28.2 Å². The number of rotatable bonds is 3. The Kier molecular flexibility index (Phi) is 4.10. The summed E-state index contributed by atoms with van der Waals surface area (Å²) in [5.74, 6) is 0.775. The summed E-state index contributed by atoms with van der Waals surface area (Å²) in [6.45, 7) is 2.14. The first-order valence-electron chi connectivity index (χ1n) is 6.84. The number of ether oxygens (including phenoxy) is 3. The van der Waals surface area contributed by atoms with Crippen LogP contribution in [0.15, 0.2) is 22.7 Å². The number of hydrogen-bond acceptors (Lipinski definition) is 4. The highest BCUT2D eigenvalue weighted by molar-refractivity contribution is 9.10. The van der Waals surface area contributed by atoms with Crippen LogP contribution in [0.4, 0.5) is 0 Å². The van der Waals surface area contributed by atoms with Crippen LogP contribution in [0.25, 0.3) is 0 Å². The summed E-state index contributed by atoms with van der Waals surface area (Å²) in [5, 5.41) is 0. The Morgan fingerprint density at radius 2 is 2.30 bits per heavy atom. The monoisotopic (exact) mass is 340 g/mol. The van der Waals surface area contributed by atoms with Crippen molar-refractivity contribution < 1.29 is 19.0 Å². The molecule has 0 aromatic heterocycles. The Balaban J connectivity index is 1.69. The van der Waals surface area contributed by atoms with Gasteiger partial charge in [0, 0.05) is 31.4 Å². The van der Waals surface area contributed by atoms with Gasteiger partial charge >= 0.3 is 0 Å². The van der Waals surface area contributed by atoms with E-state index in [1.807, 2.05) is 6.07 Å². The van der Waals surface area contributed by atoms with Crippen LogP contribution in [-0.2, 0) is 9.47 Å². The van der Waals surface area contributed by atoms with E-state index in [4.69, 9.17) is 14.2 Å². The standard InChI is InChI=1S/C15H17BrO4/c16-13-7-11(9-17)1-2-14(13)20-12-3-5-19-15(8-12)4-6-18-10-15/h1-2,7,9,12H,3-6,8,10H2. The van der Waals surface area contributed by atoms with Crippen molar-refractivity contribution in [2.24, 2.45) is 0 Å². The Morgan fingerprint density at radius 3 is 3.00 bits per heavy atom. The lowest BCUT2D eigenvalue weighted by molar-refractivity contribution is -0.112. The van der Waals surface area contributed by atoms with Crippen molar-refractivity contribution in [1.29, 1.82) is 0 Å². The number of halogens is 1. The van der Waals surface area contributed by atoms with Gasteiger partial charge in [0.15, 0.2) is 0 Å². The Bertz CT molecular complexity index is 497. The zero-order valence-corrected chi connectivity index (χ0v) is 12.7. The SMILES string of the molecule is O=Cc1ccc(OC2CCOC3(CCOC3)C2)c(Br)c1. The Labute approximate surface area is 126 Å². The molecule has 4 nitrogen and oxygen atoms in total. The lowest BCUT2D eigenvalue weighted by atomic mass is 9.91. The van der Waals surface area contributed by atoms with Crippen molar-refractivity contribution in [3.63, 3.8) is 0 Å². The molecule has 0 amide bonds. The van der Waals surface area contributed by atoms with Crippen LogP contribution in [0.1, 0.15) is 29.6 Å². The summed E-state index contributed by atoms with van der Waals surface area (Å²) in [6, 6.07) is 5.37. The molecule has 108 valence electrons. The number of hydrogen-bond donors (Lipinski definition) is 0. The molecule has 0 N–H and O–H groups in total. The summed E-state index contributed by atoms with van der Waals surface area (Å²) < 4.78 is 18.2. The van der Waals surface area contributed by atoms with Crippen LogP contribution in [0.5, 0.6) is 5.75 Å². The van der Waals surface area contributed by atoms with E-state index < -0.39 is 0 Å². The maximum absolute atomic E-state index is 10.7. The van der Waals surface area contributed by atoms with Crippen molar-refractivity contribution >= 4 is 22.2 Å². The fourth-order valence-corrected chi connectivity index (χ4v) is 3.30. The van der Waals surface area contributed by atoms with Gasteiger partial charge in [-0.25, -0.2) is 0 Å². The molecule has 2 saturated heterocycles. The van der Waals surface area contributed by atoms with Gasteiger partial charge < -0.3 is 14.2 Å². The summed E-state index contributed by atoms with van der Waals surface area (Å²) in [6.07, 6.45) is 3.63. The Hall–Kier alpha value is -0.910. The molecule has 2 heterocycles. The zero-order chi connectivity index (χ0) is 14.0. The quantitative estimate of drug-likeness (QED) is 0.793. The largest absolute Gasteiger partial charge is 0.489 e. The van der Waals surface area contributed by atoms with Crippen LogP contribution in [-0.4, -0.2) is 37.8 Å². The lowest BCUT2D eigenvalue weighted by Crippen LogP contribution is -2.44. The predicted octanol–water partition coefficient (Wildman–Crippen LogP) is 2.98. The lowest BCUT2D eigenvalue weighted by Gasteiger charge is -2.37. The maximum Gasteiger partial charge on any atom is 0.150 e. The smallest absolute Gasteiger partial charge is 0.150 e. The summed E-state index contributed by atoms with van der Waals surface area (Å²) in [5.41, 5.74) is 0.481. The summed E-state index contributed by atoms with van der Waals surface area (Å²) >= 11 is 3.45. The van der Waals surface area contributed by atoms with Gasteiger partial charge in [0.2, 0.25) is 0 Å². The molecule has 1 aromatic carbocycles. The molecule has 0 bridgehead atoms. The van der Waals surface area contributed by atoms with Gasteiger partial charge in [0.1, 0.15) is 18.1 Å². The third kappa shape index (κ3) is 2.90. The first kappa shape index (κ1) is 14.0. The van der Waals surface area contributed by atoms with Crippen molar-refractivity contribution in [3.8, 4) is 5.75 Å². The minimum atomic E-state index is -0.155. The van der Waals surface area contributed by atoms with Gasteiger partial charge in [-0.05, 0) is 34.1 Å². The molecule has 1 aromatic rings. The molecule has 2 atom stereocenters. The minimum Gasteiger partial charge on any atom is -0.489 e. The first-order chi connectivity index (χ1) is 9.71. The van der Waals surface area contributed by atoms with Gasteiger partial charge in [-0.3, -0.25) is 4.79 Å². The van der Waals surface area contributed by atoms with Crippen LogP contribution in [0, 0.1) is 0 Å². The molecule has 2 unspecified atom stereocenters. The van der Waals surface area contributed by atoms with E-state index in [2.05, 4.69) is 15.9 Å². The molecule has 20 heavy (non-hydrogen) atoms. The maximum atomic E-state index is 10.7. The average Bonchev–Trinajstić information content (AvgIpc) is 2.89. The van der Waals surface area contributed by atoms with E-state index in [1.165, 1.54) is 0 Å².